The van der Waals surface area contributed by atoms with Crippen LogP contribution in [0.25, 0.3) is 11.1 Å². The largest absolute Gasteiger partial charge is 0.472 e. The van der Waals surface area contributed by atoms with E-state index in [4.69, 9.17) is 4.74 Å². The van der Waals surface area contributed by atoms with E-state index >= 15 is 0 Å². The molecular formula is C17H14F3N5O2S. The number of carbonyl (C=O) groups excluding carboxylic acids is 1. The molecule has 1 N–H and O–H groups in total. The summed E-state index contributed by atoms with van der Waals surface area (Å²) in [4.78, 5) is 20.3. The zero-order chi connectivity index (χ0) is 20.5. The fourth-order valence-corrected chi connectivity index (χ4v) is 3.02. The molecule has 3 rings (SSSR count). The highest BCUT2D eigenvalue weighted by Gasteiger charge is 2.33. The van der Waals surface area contributed by atoms with E-state index in [0.717, 1.165) is 23.6 Å². The number of alkyl halides is 3. The predicted octanol–water partition coefficient (Wildman–Crippen LogP) is 3.89. The van der Waals surface area contributed by atoms with Gasteiger partial charge in [0.2, 0.25) is 5.13 Å². The van der Waals surface area contributed by atoms with Gasteiger partial charge in [0.25, 0.3) is 11.1 Å². The molecule has 0 aliphatic carbocycles. The highest BCUT2D eigenvalue weighted by molar-refractivity contribution is 7.17. The molecule has 0 aliphatic rings. The molecule has 1 amide bonds. The Morgan fingerprint density at radius 1 is 1.11 bits per heavy atom. The number of nitrogens with one attached hydrogen (secondary N) is 1. The van der Waals surface area contributed by atoms with Gasteiger partial charge in [0.15, 0.2) is 0 Å². The maximum Gasteiger partial charge on any atom is 0.433 e. The highest BCUT2D eigenvalue weighted by Crippen LogP contribution is 2.33. The van der Waals surface area contributed by atoms with Gasteiger partial charge in [0.05, 0.1) is 12.7 Å². The van der Waals surface area contributed by atoms with Gasteiger partial charge in [0.1, 0.15) is 5.69 Å². The van der Waals surface area contributed by atoms with Crippen LogP contribution in [0.1, 0.15) is 27.3 Å². The van der Waals surface area contributed by atoms with Crippen molar-refractivity contribution in [3.63, 3.8) is 0 Å². The smallest absolute Gasteiger partial charge is 0.433 e. The van der Waals surface area contributed by atoms with E-state index in [0.29, 0.717) is 22.4 Å². The first-order chi connectivity index (χ1) is 13.2. The summed E-state index contributed by atoms with van der Waals surface area (Å²) in [5, 5.41) is 10.6. The van der Waals surface area contributed by atoms with Gasteiger partial charge < -0.3 is 4.74 Å². The Kier molecular flexibility index (Phi) is 5.27. The molecule has 0 aromatic carbocycles. The summed E-state index contributed by atoms with van der Waals surface area (Å²) in [5.74, 6) is -0.527. The number of pyridine rings is 2. The molecule has 0 saturated heterocycles. The van der Waals surface area contributed by atoms with E-state index in [2.05, 4.69) is 25.5 Å². The molecule has 7 nitrogen and oxygen atoms in total. The lowest BCUT2D eigenvalue weighted by Crippen LogP contribution is -2.14. The molecule has 0 bridgehead atoms. The van der Waals surface area contributed by atoms with Gasteiger partial charge >= 0.3 is 6.18 Å². The number of hydrogen-bond acceptors (Lipinski definition) is 7. The predicted molar refractivity (Wildman–Crippen MR) is 96.4 cm³/mol. The third-order valence-electron chi connectivity index (χ3n) is 3.78. The topological polar surface area (TPSA) is 89.9 Å². The third kappa shape index (κ3) is 4.09. The van der Waals surface area contributed by atoms with Crippen molar-refractivity contribution in [1.29, 1.82) is 0 Å². The van der Waals surface area contributed by atoms with Gasteiger partial charge in [0, 0.05) is 23.7 Å². The van der Waals surface area contributed by atoms with Crippen LogP contribution in [0.15, 0.2) is 24.5 Å². The first-order valence-electron chi connectivity index (χ1n) is 7.88. The van der Waals surface area contributed by atoms with E-state index in [1.54, 1.807) is 13.0 Å². The number of halogens is 3. The molecule has 0 saturated carbocycles. The number of carbonyl (C=O) groups is 1. The van der Waals surface area contributed by atoms with Crippen molar-refractivity contribution in [3.05, 3.63) is 47.0 Å². The fraction of sp³-hybridized carbons (Fsp3) is 0.235. The van der Waals surface area contributed by atoms with Crippen molar-refractivity contribution in [2.75, 3.05) is 12.4 Å². The summed E-state index contributed by atoms with van der Waals surface area (Å²) in [6, 6.07) is 2.56. The second kappa shape index (κ2) is 7.50. The van der Waals surface area contributed by atoms with Crippen LogP contribution in [-0.2, 0) is 6.18 Å². The molecule has 3 heterocycles. The van der Waals surface area contributed by atoms with Crippen molar-refractivity contribution in [2.45, 2.75) is 20.0 Å². The molecule has 0 fully saturated rings. The molecule has 3 aromatic heterocycles. The van der Waals surface area contributed by atoms with Crippen LogP contribution in [-0.4, -0.2) is 33.2 Å². The summed E-state index contributed by atoms with van der Waals surface area (Å²) >= 11 is 1.03. The SMILES string of the molecule is COc1nnc(NC(=O)c2cnc(C)cc2-c2cnc(C(F)(F)F)cc2C)s1. The molecular weight excluding hydrogens is 395 g/mol. The number of anilines is 1. The number of rotatable bonds is 4. The summed E-state index contributed by atoms with van der Waals surface area (Å²) in [6.07, 6.45) is -2.08. The molecule has 0 aliphatic heterocycles. The number of aromatic nitrogens is 4. The Hall–Kier alpha value is -3.08. The van der Waals surface area contributed by atoms with E-state index in [1.807, 2.05) is 0 Å². The lowest BCUT2D eigenvalue weighted by Gasteiger charge is -2.13. The second-order valence-electron chi connectivity index (χ2n) is 5.78. The van der Waals surface area contributed by atoms with Crippen molar-refractivity contribution in [2.24, 2.45) is 0 Å². The zero-order valence-corrected chi connectivity index (χ0v) is 15.8. The first kappa shape index (κ1) is 19.7. The number of nitrogens with zero attached hydrogens (tertiary/aromatic N) is 4. The lowest BCUT2D eigenvalue weighted by atomic mass is 9.97. The van der Waals surface area contributed by atoms with Crippen LogP contribution in [0.3, 0.4) is 0 Å². The van der Waals surface area contributed by atoms with E-state index in [9.17, 15) is 18.0 Å². The molecule has 11 heteroatoms. The number of ether oxygens (including phenoxy) is 1. The highest BCUT2D eigenvalue weighted by atomic mass is 32.1. The molecule has 0 radical (unpaired) electrons. The van der Waals surface area contributed by atoms with Gasteiger partial charge in [-0.2, -0.15) is 13.2 Å². The Morgan fingerprint density at radius 2 is 1.86 bits per heavy atom. The maximum absolute atomic E-state index is 12.9. The van der Waals surface area contributed by atoms with Gasteiger partial charge in [-0.1, -0.05) is 5.10 Å². The normalized spacial score (nSPS) is 11.4. The monoisotopic (exact) mass is 409 g/mol. The molecule has 3 aromatic rings. The van der Waals surface area contributed by atoms with Crippen molar-refractivity contribution in [1.82, 2.24) is 20.2 Å². The molecule has 0 spiro atoms. The number of methoxy groups -OCH3 is 1. The second-order valence-corrected chi connectivity index (χ2v) is 6.72. The Balaban J connectivity index is 2.00. The average Bonchev–Trinajstić information content (AvgIpc) is 3.08. The molecule has 0 unspecified atom stereocenters. The van der Waals surface area contributed by atoms with Gasteiger partial charge in [-0.25, -0.2) is 0 Å². The average molecular weight is 409 g/mol. The van der Waals surface area contributed by atoms with Crippen LogP contribution < -0.4 is 10.1 Å². The van der Waals surface area contributed by atoms with Crippen LogP contribution in [0.5, 0.6) is 5.19 Å². The standard InChI is InChI=1S/C17H14F3N5O2S/c1-8-4-13(17(18,19)20)22-6-11(8)10-5-9(2)21-7-12(10)14(26)23-15-24-25-16(27-3)28-15/h4-7H,1-3H3,(H,23,24,26). The van der Waals surface area contributed by atoms with Gasteiger partial charge in [-0.15, -0.1) is 5.10 Å². The van der Waals surface area contributed by atoms with Crippen LogP contribution in [0.2, 0.25) is 0 Å². The number of aryl methyl sites for hydroxylation is 2. The fourth-order valence-electron chi connectivity index (χ4n) is 2.46. The van der Waals surface area contributed by atoms with E-state index in [1.165, 1.54) is 20.2 Å². The minimum absolute atomic E-state index is 0.171. The van der Waals surface area contributed by atoms with Crippen molar-refractivity contribution < 1.29 is 22.7 Å². The minimum atomic E-state index is -4.55. The molecule has 28 heavy (non-hydrogen) atoms. The molecule has 146 valence electrons. The van der Waals surface area contributed by atoms with E-state index < -0.39 is 17.8 Å². The summed E-state index contributed by atoms with van der Waals surface area (Å²) in [5.41, 5.74) is 0.928. The van der Waals surface area contributed by atoms with Crippen molar-refractivity contribution in [3.8, 4) is 16.3 Å². The van der Waals surface area contributed by atoms with Crippen LogP contribution >= 0.6 is 11.3 Å². The number of hydrogen-bond donors (Lipinski definition) is 1. The summed E-state index contributed by atoms with van der Waals surface area (Å²) in [6.45, 7) is 3.24. The summed E-state index contributed by atoms with van der Waals surface area (Å²) < 4.78 is 43.6. The van der Waals surface area contributed by atoms with Gasteiger partial charge in [-0.3, -0.25) is 20.1 Å². The van der Waals surface area contributed by atoms with Crippen molar-refractivity contribution >= 4 is 22.4 Å². The third-order valence-corrected chi connectivity index (χ3v) is 4.58. The lowest BCUT2D eigenvalue weighted by molar-refractivity contribution is -0.141. The van der Waals surface area contributed by atoms with Crippen LogP contribution in [0.4, 0.5) is 18.3 Å². The Bertz CT molecular complexity index is 1040. The Labute approximate surface area is 161 Å². The summed E-state index contributed by atoms with van der Waals surface area (Å²) in [7, 11) is 1.43. The Morgan fingerprint density at radius 3 is 2.46 bits per heavy atom. The quantitative estimate of drug-likeness (QED) is 0.703. The van der Waals surface area contributed by atoms with Gasteiger partial charge in [-0.05, 0) is 48.4 Å². The zero-order valence-electron chi connectivity index (χ0n) is 15.0. The maximum atomic E-state index is 12.9. The van der Waals surface area contributed by atoms with Crippen LogP contribution in [0, 0.1) is 13.8 Å². The number of amides is 1. The minimum Gasteiger partial charge on any atom is -0.472 e. The van der Waals surface area contributed by atoms with E-state index in [-0.39, 0.29) is 15.9 Å². The first-order valence-corrected chi connectivity index (χ1v) is 8.70. The molecule has 0 atom stereocenters.